The first-order chi connectivity index (χ1) is 8.24. The van der Waals surface area contributed by atoms with Crippen LogP contribution in [0.25, 0.3) is 16.5 Å². The average Bonchev–Trinajstić information content (AvgIpc) is 2.74. The summed E-state index contributed by atoms with van der Waals surface area (Å²) in [6.45, 7) is 0. The minimum absolute atomic E-state index is 0.0665. The van der Waals surface area contributed by atoms with E-state index in [2.05, 4.69) is 0 Å². The highest BCUT2D eigenvalue weighted by molar-refractivity contribution is 6.22. The zero-order valence-electron chi connectivity index (χ0n) is 9.25. The lowest BCUT2D eigenvalue weighted by Gasteiger charge is -2.14. The standard InChI is InChI=1S/C14H12ClFO/c15-11-5-1-3-9(7-11)13-8-10-4-2-6-12(16)14(10)17-13/h2,4,6-8,11H,1,3,5H2. The second kappa shape index (κ2) is 4.19. The molecule has 1 aromatic heterocycles. The highest BCUT2D eigenvalue weighted by Crippen LogP contribution is 2.33. The molecule has 1 aliphatic carbocycles. The Morgan fingerprint density at radius 2 is 2.24 bits per heavy atom. The van der Waals surface area contributed by atoms with E-state index >= 15 is 0 Å². The number of halogens is 2. The number of furan rings is 1. The van der Waals surface area contributed by atoms with Crippen molar-refractivity contribution in [2.75, 3.05) is 0 Å². The maximum atomic E-state index is 13.5. The molecule has 1 aliphatic rings. The molecule has 0 bridgehead atoms. The van der Waals surface area contributed by atoms with Crippen molar-refractivity contribution in [1.82, 2.24) is 0 Å². The number of rotatable bonds is 1. The van der Waals surface area contributed by atoms with Crippen LogP contribution >= 0.6 is 11.6 Å². The molecule has 88 valence electrons. The second-order valence-electron chi connectivity index (χ2n) is 4.37. The smallest absolute Gasteiger partial charge is 0.170 e. The summed E-state index contributed by atoms with van der Waals surface area (Å²) in [5.41, 5.74) is 1.42. The molecule has 3 rings (SSSR count). The third-order valence-electron chi connectivity index (χ3n) is 3.12. The number of hydrogen-bond acceptors (Lipinski definition) is 1. The maximum Gasteiger partial charge on any atom is 0.170 e. The van der Waals surface area contributed by atoms with Crippen LogP contribution in [0, 0.1) is 5.82 Å². The molecule has 0 saturated heterocycles. The Hall–Kier alpha value is -1.28. The van der Waals surface area contributed by atoms with Gasteiger partial charge in [-0.05, 0) is 37.0 Å². The quantitative estimate of drug-likeness (QED) is 0.666. The monoisotopic (exact) mass is 250 g/mol. The number of fused-ring (bicyclic) bond motifs is 1. The van der Waals surface area contributed by atoms with Gasteiger partial charge in [0.05, 0.1) is 5.38 Å². The Morgan fingerprint density at radius 1 is 1.35 bits per heavy atom. The number of benzene rings is 1. The van der Waals surface area contributed by atoms with Crippen LogP contribution < -0.4 is 0 Å². The highest BCUT2D eigenvalue weighted by atomic mass is 35.5. The summed E-state index contributed by atoms with van der Waals surface area (Å²) in [4.78, 5) is 0. The topological polar surface area (TPSA) is 13.1 Å². The molecule has 1 nitrogen and oxygen atoms in total. The molecule has 0 amide bonds. The van der Waals surface area contributed by atoms with Crippen molar-refractivity contribution in [1.29, 1.82) is 0 Å². The van der Waals surface area contributed by atoms with E-state index in [4.69, 9.17) is 16.0 Å². The highest BCUT2D eigenvalue weighted by Gasteiger charge is 2.16. The normalized spacial score (nSPS) is 20.6. The van der Waals surface area contributed by atoms with Gasteiger partial charge in [-0.2, -0.15) is 0 Å². The lowest BCUT2D eigenvalue weighted by atomic mass is 9.97. The Morgan fingerprint density at radius 3 is 3.00 bits per heavy atom. The van der Waals surface area contributed by atoms with Gasteiger partial charge in [0.15, 0.2) is 11.4 Å². The Balaban J connectivity index is 2.09. The van der Waals surface area contributed by atoms with Crippen molar-refractivity contribution in [2.24, 2.45) is 0 Å². The van der Waals surface area contributed by atoms with E-state index < -0.39 is 0 Å². The van der Waals surface area contributed by atoms with Crippen molar-refractivity contribution < 1.29 is 8.81 Å². The minimum atomic E-state index is -0.312. The third-order valence-corrected chi connectivity index (χ3v) is 3.46. The summed E-state index contributed by atoms with van der Waals surface area (Å²) in [7, 11) is 0. The zero-order chi connectivity index (χ0) is 11.8. The first kappa shape index (κ1) is 10.8. The van der Waals surface area contributed by atoms with E-state index in [1.807, 2.05) is 18.2 Å². The summed E-state index contributed by atoms with van der Waals surface area (Å²) in [5, 5.41) is 0.870. The molecule has 2 aromatic rings. The lowest BCUT2D eigenvalue weighted by molar-refractivity contribution is 0.547. The van der Waals surface area contributed by atoms with Gasteiger partial charge < -0.3 is 4.42 Å². The molecule has 0 saturated carbocycles. The summed E-state index contributed by atoms with van der Waals surface area (Å²) in [5.74, 6) is 0.433. The minimum Gasteiger partial charge on any atom is -0.453 e. The zero-order valence-corrected chi connectivity index (χ0v) is 10.0. The van der Waals surface area contributed by atoms with Crippen molar-refractivity contribution in [3.63, 3.8) is 0 Å². The van der Waals surface area contributed by atoms with Crippen molar-refractivity contribution in [3.8, 4) is 0 Å². The molecular formula is C14H12ClFO. The average molecular weight is 251 g/mol. The first-order valence-corrected chi connectivity index (χ1v) is 6.21. The van der Waals surface area contributed by atoms with E-state index in [0.717, 1.165) is 36.0 Å². The van der Waals surface area contributed by atoms with Crippen molar-refractivity contribution in [3.05, 3.63) is 41.9 Å². The Bertz CT molecular complexity index is 585. The fraction of sp³-hybridized carbons (Fsp3) is 0.286. The van der Waals surface area contributed by atoms with Crippen LogP contribution in [-0.2, 0) is 0 Å². The van der Waals surface area contributed by atoms with Crippen molar-refractivity contribution >= 4 is 28.1 Å². The fourth-order valence-electron chi connectivity index (χ4n) is 2.26. The van der Waals surface area contributed by atoms with Crippen LogP contribution in [0.5, 0.6) is 0 Å². The van der Waals surface area contributed by atoms with Gasteiger partial charge in [0, 0.05) is 5.39 Å². The van der Waals surface area contributed by atoms with Gasteiger partial charge in [0.2, 0.25) is 0 Å². The van der Waals surface area contributed by atoms with E-state index in [-0.39, 0.29) is 11.2 Å². The molecule has 1 unspecified atom stereocenters. The summed E-state index contributed by atoms with van der Waals surface area (Å²) >= 11 is 6.10. The van der Waals surface area contributed by atoms with Gasteiger partial charge in [-0.15, -0.1) is 11.6 Å². The van der Waals surface area contributed by atoms with Crippen LogP contribution in [0.3, 0.4) is 0 Å². The molecule has 1 atom stereocenters. The summed E-state index contributed by atoms with van der Waals surface area (Å²) in [6, 6.07) is 6.85. The first-order valence-electron chi connectivity index (χ1n) is 5.77. The molecule has 0 spiro atoms. The van der Waals surface area contributed by atoms with Crippen LogP contribution in [0.1, 0.15) is 25.0 Å². The molecule has 1 heterocycles. The van der Waals surface area contributed by atoms with Crippen LogP contribution in [0.2, 0.25) is 0 Å². The maximum absolute atomic E-state index is 13.5. The molecule has 0 fully saturated rings. The number of hydrogen-bond donors (Lipinski definition) is 0. The fourth-order valence-corrected chi connectivity index (χ4v) is 2.57. The molecular weight excluding hydrogens is 239 g/mol. The van der Waals surface area contributed by atoms with E-state index in [0.29, 0.717) is 5.58 Å². The number of allylic oxidation sites excluding steroid dienone is 2. The van der Waals surface area contributed by atoms with Gasteiger partial charge in [-0.25, -0.2) is 4.39 Å². The predicted molar refractivity (Wildman–Crippen MR) is 67.6 cm³/mol. The summed E-state index contributed by atoms with van der Waals surface area (Å²) < 4.78 is 19.1. The number of alkyl halides is 1. The Kier molecular flexibility index (Phi) is 2.67. The van der Waals surface area contributed by atoms with Crippen LogP contribution in [-0.4, -0.2) is 5.38 Å². The molecule has 3 heteroatoms. The van der Waals surface area contributed by atoms with Gasteiger partial charge in [0.25, 0.3) is 0 Å². The molecule has 0 aliphatic heterocycles. The van der Waals surface area contributed by atoms with Gasteiger partial charge in [0.1, 0.15) is 5.76 Å². The lowest BCUT2D eigenvalue weighted by Crippen LogP contribution is -2.01. The van der Waals surface area contributed by atoms with Crippen LogP contribution in [0.4, 0.5) is 4.39 Å². The Labute approximate surface area is 104 Å². The largest absolute Gasteiger partial charge is 0.453 e. The molecule has 0 N–H and O–H groups in total. The molecule has 17 heavy (non-hydrogen) atoms. The number of para-hydroxylation sites is 1. The third kappa shape index (κ3) is 1.98. The molecule has 1 aromatic carbocycles. The van der Waals surface area contributed by atoms with Gasteiger partial charge >= 0.3 is 0 Å². The second-order valence-corrected chi connectivity index (χ2v) is 4.93. The van der Waals surface area contributed by atoms with Gasteiger partial charge in [-0.3, -0.25) is 0 Å². The molecule has 0 radical (unpaired) electrons. The van der Waals surface area contributed by atoms with Crippen molar-refractivity contribution in [2.45, 2.75) is 24.6 Å². The van der Waals surface area contributed by atoms with E-state index in [9.17, 15) is 4.39 Å². The van der Waals surface area contributed by atoms with Gasteiger partial charge in [-0.1, -0.05) is 18.2 Å². The SMILES string of the molecule is Fc1cccc2cc(C3=CC(Cl)CCC3)oc12. The van der Waals surface area contributed by atoms with E-state index in [1.54, 1.807) is 6.07 Å². The van der Waals surface area contributed by atoms with E-state index in [1.165, 1.54) is 6.07 Å². The summed E-state index contributed by atoms with van der Waals surface area (Å²) in [6.07, 6.45) is 5.02. The predicted octanol–water partition coefficient (Wildman–Crippen LogP) is 4.75. The van der Waals surface area contributed by atoms with Crippen LogP contribution in [0.15, 0.2) is 34.8 Å².